The van der Waals surface area contributed by atoms with E-state index < -0.39 is 0 Å². The molecule has 1 atom stereocenters. The molecule has 2 heterocycles. The van der Waals surface area contributed by atoms with Gasteiger partial charge in [0.05, 0.1) is 26.4 Å². The number of hydrogen-bond acceptors (Lipinski definition) is 5. The molecule has 0 saturated carbocycles. The minimum Gasteiger partial charge on any atom is -0.497 e. The second-order valence-electron chi connectivity index (χ2n) is 8.74. The number of anilines is 1. The van der Waals surface area contributed by atoms with E-state index in [-0.39, 0.29) is 11.9 Å². The van der Waals surface area contributed by atoms with Gasteiger partial charge in [-0.25, -0.2) is 0 Å². The lowest BCUT2D eigenvalue weighted by Gasteiger charge is -2.38. The van der Waals surface area contributed by atoms with Crippen LogP contribution in [0.5, 0.6) is 11.5 Å². The number of fused-ring (bicyclic) bond motifs is 1. The summed E-state index contributed by atoms with van der Waals surface area (Å²) in [4.78, 5) is 17.8. The predicted octanol–water partition coefficient (Wildman–Crippen LogP) is 5.00. The lowest BCUT2D eigenvalue weighted by Crippen LogP contribution is -2.43. The Labute approximate surface area is 211 Å². The zero-order chi connectivity index (χ0) is 24.2. The number of ether oxygens (including phenoxy) is 3. The molecule has 2 aliphatic heterocycles. The maximum absolute atomic E-state index is 13.6. The standard InChI is InChI=1S/C28H29ClN2O4/c1-33-24-6-8-25(9-7-24)35-19-27-26-10-5-23(30-13-15-34-16-14-30)18-20(26)11-12-31(27)28(32)21-3-2-4-22(29)17-21/h2-10,17-18,27H,11-16,19H2,1H3. The summed E-state index contributed by atoms with van der Waals surface area (Å²) < 4.78 is 16.9. The van der Waals surface area contributed by atoms with Gasteiger partial charge in [0.1, 0.15) is 18.1 Å². The zero-order valence-corrected chi connectivity index (χ0v) is 20.5. The molecule has 0 aliphatic carbocycles. The van der Waals surface area contributed by atoms with E-state index >= 15 is 0 Å². The normalized spacial score (nSPS) is 17.6. The Kier molecular flexibility index (Phi) is 7.11. The number of benzene rings is 3. The minimum absolute atomic E-state index is 0.0428. The lowest BCUT2D eigenvalue weighted by atomic mass is 9.91. The molecule has 2 aliphatic rings. The number of hydrogen-bond donors (Lipinski definition) is 0. The summed E-state index contributed by atoms with van der Waals surface area (Å²) >= 11 is 6.18. The molecule has 0 spiro atoms. The zero-order valence-electron chi connectivity index (χ0n) is 19.8. The number of rotatable bonds is 6. The van der Waals surface area contributed by atoms with Crippen molar-refractivity contribution in [1.82, 2.24) is 4.90 Å². The van der Waals surface area contributed by atoms with E-state index in [1.165, 1.54) is 11.3 Å². The van der Waals surface area contributed by atoms with Gasteiger partial charge in [-0.1, -0.05) is 23.7 Å². The van der Waals surface area contributed by atoms with Crippen LogP contribution in [0.15, 0.2) is 66.7 Å². The summed E-state index contributed by atoms with van der Waals surface area (Å²) in [5, 5.41) is 0.550. The summed E-state index contributed by atoms with van der Waals surface area (Å²) in [6.45, 7) is 4.24. The largest absolute Gasteiger partial charge is 0.497 e. The second-order valence-corrected chi connectivity index (χ2v) is 9.18. The third-order valence-electron chi connectivity index (χ3n) is 6.66. The van der Waals surface area contributed by atoms with Crippen molar-refractivity contribution in [1.29, 1.82) is 0 Å². The third kappa shape index (κ3) is 5.24. The summed E-state index contributed by atoms with van der Waals surface area (Å²) in [6.07, 6.45) is 0.791. The number of halogens is 1. The Hall–Kier alpha value is -3.22. The quantitative estimate of drug-likeness (QED) is 0.484. The first-order valence-electron chi connectivity index (χ1n) is 11.9. The first-order chi connectivity index (χ1) is 17.1. The van der Waals surface area contributed by atoms with Gasteiger partial charge in [-0.2, -0.15) is 0 Å². The van der Waals surface area contributed by atoms with Crippen LogP contribution >= 0.6 is 11.6 Å². The summed E-state index contributed by atoms with van der Waals surface area (Å²) in [5.41, 5.74) is 4.17. The van der Waals surface area contributed by atoms with Crippen molar-refractivity contribution in [3.05, 3.63) is 88.4 Å². The monoisotopic (exact) mass is 492 g/mol. The predicted molar refractivity (Wildman–Crippen MR) is 137 cm³/mol. The van der Waals surface area contributed by atoms with Crippen LogP contribution in [0.3, 0.4) is 0 Å². The van der Waals surface area contributed by atoms with Gasteiger partial charge in [0.15, 0.2) is 0 Å². The van der Waals surface area contributed by atoms with Crippen LogP contribution in [0.1, 0.15) is 27.5 Å². The van der Waals surface area contributed by atoms with Gasteiger partial charge in [0, 0.05) is 35.9 Å². The Morgan fingerprint density at radius 3 is 2.51 bits per heavy atom. The first kappa shape index (κ1) is 23.5. The van der Waals surface area contributed by atoms with Crippen LogP contribution in [-0.4, -0.2) is 57.4 Å². The van der Waals surface area contributed by atoms with Crippen LogP contribution in [0.4, 0.5) is 5.69 Å². The highest BCUT2D eigenvalue weighted by Gasteiger charge is 2.32. The highest BCUT2D eigenvalue weighted by Crippen LogP contribution is 2.34. The maximum atomic E-state index is 13.6. The molecule has 0 bridgehead atoms. The van der Waals surface area contributed by atoms with Crippen molar-refractivity contribution in [3.63, 3.8) is 0 Å². The van der Waals surface area contributed by atoms with Crippen LogP contribution in [0, 0.1) is 0 Å². The summed E-state index contributed by atoms with van der Waals surface area (Å²) in [7, 11) is 1.64. The van der Waals surface area contributed by atoms with Gasteiger partial charge in [-0.05, 0) is 72.1 Å². The number of methoxy groups -OCH3 is 1. The SMILES string of the molecule is COc1ccc(OCC2c3ccc(N4CCOCC4)cc3CCN2C(=O)c2cccc(Cl)c2)cc1. The Morgan fingerprint density at radius 1 is 1.00 bits per heavy atom. The Bertz CT molecular complexity index is 1180. The molecule has 0 N–H and O–H groups in total. The highest BCUT2D eigenvalue weighted by molar-refractivity contribution is 6.30. The molecule has 5 rings (SSSR count). The molecule has 1 fully saturated rings. The molecule has 1 unspecified atom stereocenters. The fraction of sp³-hybridized carbons (Fsp3) is 0.321. The fourth-order valence-electron chi connectivity index (χ4n) is 4.77. The van der Waals surface area contributed by atoms with E-state index in [2.05, 4.69) is 23.1 Å². The van der Waals surface area contributed by atoms with Crippen LogP contribution in [-0.2, 0) is 11.2 Å². The molecule has 3 aromatic carbocycles. The molecular weight excluding hydrogens is 464 g/mol. The van der Waals surface area contributed by atoms with E-state index in [1.54, 1.807) is 19.2 Å². The number of carbonyl (C=O) groups excluding carboxylic acids is 1. The van der Waals surface area contributed by atoms with E-state index in [0.29, 0.717) is 23.7 Å². The van der Waals surface area contributed by atoms with Crippen molar-refractivity contribution in [2.45, 2.75) is 12.5 Å². The topological polar surface area (TPSA) is 51.2 Å². The molecule has 1 amide bonds. The highest BCUT2D eigenvalue weighted by atomic mass is 35.5. The average Bonchev–Trinajstić information content (AvgIpc) is 2.91. The van der Waals surface area contributed by atoms with Crippen LogP contribution in [0.25, 0.3) is 0 Å². The summed E-state index contributed by atoms with van der Waals surface area (Å²) in [5.74, 6) is 1.46. The lowest BCUT2D eigenvalue weighted by molar-refractivity contribution is 0.0590. The molecule has 6 nitrogen and oxygen atoms in total. The van der Waals surface area contributed by atoms with Crippen molar-refractivity contribution in [3.8, 4) is 11.5 Å². The van der Waals surface area contributed by atoms with Crippen molar-refractivity contribution in [2.24, 2.45) is 0 Å². The van der Waals surface area contributed by atoms with Crippen molar-refractivity contribution >= 4 is 23.2 Å². The maximum Gasteiger partial charge on any atom is 0.254 e. The molecule has 7 heteroatoms. The average molecular weight is 493 g/mol. The number of amides is 1. The summed E-state index contributed by atoms with van der Waals surface area (Å²) in [6, 6.07) is 21.0. The molecule has 0 radical (unpaired) electrons. The smallest absolute Gasteiger partial charge is 0.254 e. The van der Waals surface area contributed by atoms with Gasteiger partial charge >= 0.3 is 0 Å². The van der Waals surface area contributed by atoms with E-state index in [0.717, 1.165) is 49.8 Å². The molecule has 182 valence electrons. The number of nitrogens with zero attached hydrogens (tertiary/aromatic N) is 2. The molecular formula is C28H29ClN2O4. The van der Waals surface area contributed by atoms with Crippen molar-refractivity contribution < 1.29 is 19.0 Å². The second kappa shape index (κ2) is 10.6. The van der Waals surface area contributed by atoms with E-state index in [1.807, 2.05) is 41.3 Å². The van der Waals surface area contributed by atoms with Crippen LogP contribution in [0.2, 0.25) is 5.02 Å². The molecule has 35 heavy (non-hydrogen) atoms. The van der Waals surface area contributed by atoms with E-state index in [4.69, 9.17) is 25.8 Å². The van der Waals surface area contributed by atoms with Gasteiger partial charge in [-0.15, -0.1) is 0 Å². The van der Waals surface area contributed by atoms with Crippen LogP contribution < -0.4 is 14.4 Å². The number of carbonyl (C=O) groups is 1. The number of morpholine rings is 1. The third-order valence-corrected chi connectivity index (χ3v) is 6.89. The van der Waals surface area contributed by atoms with Crippen molar-refractivity contribution in [2.75, 3.05) is 51.5 Å². The van der Waals surface area contributed by atoms with Gasteiger partial charge in [0.25, 0.3) is 5.91 Å². The molecule has 1 saturated heterocycles. The van der Waals surface area contributed by atoms with E-state index in [9.17, 15) is 4.79 Å². The molecule has 0 aromatic heterocycles. The Balaban J connectivity index is 1.43. The minimum atomic E-state index is -0.217. The van der Waals surface area contributed by atoms with Gasteiger partial charge < -0.3 is 24.0 Å². The first-order valence-corrected chi connectivity index (χ1v) is 12.3. The Morgan fingerprint density at radius 2 is 1.77 bits per heavy atom. The molecule has 3 aromatic rings. The fourth-order valence-corrected chi connectivity index (χ4v) is 4.96. The van der Waals surface area contributed by atoms with Gasteiger partial charge in [-0.3, -0.25) is 4.79 Å². The van der Waals surface area contributed by atoms with Gasteiger partial charge in [0.2, 0.25) is 0 Å².